The fraction of sp³-hybridized carbons (Fsp3) is 0.296. The summed E-state index contributed by atoms with van der Waals surface area (Å²) in [5.41, 5.74) is 18.4. The Bertz CT molecular complexity index is 1550. The number of aromatic nitrogens is 5. The minimum atomic E-state index is -0.267. The highest BCUT2D eigenvalue weighted by atomic mass is 19.1. The van der Waals surface area contributed by atoms with E-state index in [1.165, 1.54) is 12.1 Å². The summed E-state index contributed by atoms with van der Waals surface area (Å²) in [4.78, 5) is 7.14. The van der Waals surface area contributed by atoms with Gasteiger partial charge in [0.15, 0.2) is 0 Å². The quantitative estimate of drug-likeness (QED) is 0.369. The first-order valence-electron chi connectivity index (χ1n) is 12.3. The summed E-state index contributed by atoms with van der Waals surface area (Å²) >= 11 is 0. The van der Waals surface area contributed by atoms with Crippen molar-refractivity contribution in [3.05, 3.63) is 78.0 Å². The van der Waals surface area contributed by atoms with E-state index >= 15 is 0 Å². The first kappa shape index (κ1) is 22.6. The molecular formula is C27H29FN8. The zero-order valence-corrected chi connectivity index (χ0v) is 20.2. The molecule has 184 valence electrons. The summed E-state index contributed by atoms with van der Waals surface area (Å²) in [6.07, 6.45) is 4.51. The number of likely N-dealkylation sites (tertiary alicyclic amines) is 1. The van der Waals surface area contributed by atoms with Crippen molar-refractivity contribution in [3.8, 4) is 11.4 Å². The second-order valence-corrected chi connectivity index (χ2v) is 9.82. The molecule has 0 radical (unpaired) electrons. The predicted octanol–water partition coefficient (Wildman–Crippen LogP) is 3.68. The van der Waals surface area contributed by atoms with Crippen LogP contribution in [0.1, 0.15) is 24.5 Å². The lowest BCUT2D eigenvalue weighted by atomic mass is 9.94. The van der Waals surface area contributed by atoms with E-state index in [2.05, 4.69) is 23.0 Å². The maximum atomic E-state index is 13.9. The van der Waals surface area contributed by atoms with E-state index in [0.29, 0.717) is 18.2 Å². The third-order valence-corrected chi connectivity index (χ3v) is 7.21. The van der Waals surface area contributed by atoms with Gasteiger partial charge in [0.1, 0.15) is 23.5 Å². The number of benzene rings is 2. The summed E-state index contributed by atoms with van der Waals surface area (Å²) in [5, 5.41) is 10.3. The van der Waals surface area contributed by atoms with Gasteiger partial charge in [0.25, 0.3) is 0 Å². The number of nitrogen functional groups attached to an aromatic ring is 1. The summed E-state index contributed by atoms with van der Waals surface area (Å²) in [5.74, 6) is 0.186. The molecule has 0 saturated carbocycles. The molecule has 1 aliphatic rings. The molecule has 2 aromatic carbocycles. The molecule has 1 fully saturated rings. The van der Waals surface area contributed by atoms with Crippen LogP contribution >= 0.6 is 0 Å². The van der Waals surface area contributed by atoms with Crippen LogP contribution in [0.4, 0.5) is 10.1 Å². The molecule has 8 nitrogen and oxygen atoms in total. The molecule has 4 N–H and O–H groups in total. The highest BCUT2D eigenvalue weighted by Crippen LogP contribution is 2.33. The van der Waals surface area contributed by atoms with E-state index < -0.39 is 0 Å². The van der Waals surface area contributed by atoms with Crippen LogP contribution in [0.3, 0.4) is 0 Å². The number of fused-ring (bicyclic) bond motifs is 2. The van der Waals surface area contributed by atoms with E-state index in [4.69, 9.17) is 21.5 Å². The maximum Gasteiger partial charge on any atom is 0.137 e. The lowest BCUT2D eigenvalue weighted by Crippen LogP contribution is -2.45. The monoisotopic (exact) mass is 484 g/mol. The largest absolute Gasteiger partial charge is 0.399 e. The van der Waals surface area contributed by atoms with E-state index in [1.54, 1.807) is 12.4 Å². The van der Waals surface area contributed by atoms with Crippen molar-refractivity contribution in [1.29, 1.82) is 0 Å². The molecule has 3 aromatic heterocycles. The van der Waals surface area contributed by atoms with Gasteiger partial charge in [-0.05, 0) is 66.4 Å². The van der Waals surface area contributed by atoms with Gasteiger partial charge in [0, 0.05) is 36.4 Å². The van der Waals surface area contributed by atoms with Crippen molar-refractivity contribution >= 4 is 22.1 Å². The summed E-state index contributed by atoms with van der Waals surface area (Å²) in [6.45, 7) is 5.36. The minimum Gasteiger partial charge on any atom is -0.399 e. The molecule has 0 spiro atoms. The fourth-order valence-corrected chi connectivity index (χ4v) is 5.25. The van der Waals surface area contributed by atoms with Gasteiger partial charge in [-0.25, -0.2) is 13.9 Å². The van der Waals surface area contributed by atoms with E-state index in [1.807, 2.05) is 39.7 Å². The second-order valence-electron chi connectivity index (χ2n) is 9.82. The summed E-state index contributed by atoms with van der Waals surface area (Å²) in [7, 11) is 0. The Morgan fingerprint density at radius 2 is 1.97 bits per heavy atom. The molecule has 6 rings (SSSR count). The summed E-state index contributed by atoms with van der Waals surface area (Å²) < 4.78 is 17.6. The molecule has 5 aromatic rings. The normalized spacial score (nSPS) is 18.9. The number of piperidine rings is 1. The van der Waals surface area contributed by atoms with Crippen molar-refractivity contribution < 1.29 is 4.39 Å². The third-order valence-electron chi connectivity index (χ3n) is 7.21. The van der Waals surface area contributed by atoms with Crippen LogP contribution in [0, 0.1) is 11.7 Å². The standard InChI is InChI=1S/C27H29FN8/c1-17-13-34(9-8-23(17)30)15-19-7-10-35-27(19)26(31-16-32-35)25-22-12-21(29)5-6-24(22)36(33-25)14-18-3-2-4-20(28)11-18/h2-7,10-12,16-17,23H,8-9,13-15,29-30H2,1H3/t17-,23+/m0/s1. The highest BCUT2D eigenvalue weighted by molar-refractivity contribution is 5.98. The van der Waals surface area contributed by atoms with Gasteiger partial charge in [0.2, 0.25) is 0 Å². The molecular weight excluding hydrogens is 455 g/mol. The molecule has 9 heteroatoms. The number of nitrogens with zero attached hydrogens (tertiary/aromatic N) is 6. The van der Waals surface area contributed by atoms with Gasteiger partial charge in [-0.3, -0.25) is 9.58 Å². The van der Waals surface area contributed by atoms with Crippen LogP contribution in [-0.2, 0) is 13.1 Å². The number of halogens is 1. The van der Waals surface area contributed by atoms with Crippen LogP contribution in [-0.4, -0.2) is 48.4 Å². The first-order chi connectivity index (χ1) is 17.5. The molecule has 2 atom stereocenters. The van der Waals surface area contributed by atoms with Crippen LogP contribution < -0.4 is 11.5 Å². The van der Waals surface area contributed by atoms with Crippen LogP contribution in [0.2, 0.25) is 0 Å². The van der Waals surface area contributed by atoms with Gasteiger partial charge in [-0.15, -0.1) is 0 Å². The maximum absolute atomic E-state index is 13.9. The number of hydrogen-bond acceptors (Lipinski definition) is 6. The van der Waals surface area contributed by atoms with Crippen LogP contribution in [0.5, 0.6) is 0 Å². The minimum absolute atomic E-state index is 0.254. The fourth-order valence-electron chi connectivity index (χ4n) is 5.25. The number of anilines is 1. The molecule has 36 heavy (non-hydrogen) atoms. The zero-order chi connectivity index (χ0) is 24.8. The van der Waals surface area contributed by atoms with Crippen molar-refractivity contribution in [1.82, 2.24) is 29.3 Å². The third kappa shape index (κ3) is 4.10. The predicted molar refractivity (Wildman–Crippen MR) is 139 cm³/mol. The van der Waals surface area contributed by atoms with Gasteiger partial charge in [0.05, 0.1) is 17.6 Å². The molecule has 0 amide bonds. The topological polar surface area (TPSA) is 103 Å². The van der Waals surface area contributed by atoms with Crippen LogP contribution in [0.25, 0.3) is 27.8 Å². The van der Waals surface area contributed by atoms with Crippen molar-refractivity contribution in [2.75, 3.05) is 18.8 Å². The van der Waals surface area contributed by atoms with Crippen molar-refractivity contribution in [2.24, 2.45) is 11.7 Å². The Labute approximate surface area is 208 Å². The lowest BCUT2D eigenvalue weighted by molar-refractivity contribution is 0.158. The SMILES string of the molecule is C[C@H]1CN(Cc2ccn3ncnc(-c4nn(Cc5cccc(F)c5)c5ccc(N)cc45)c23)CC[C@H]1N. The average Bonchev–Trinajstić information content (AvgIpc) is 3.43. The van der Waals surface area contributed by atoms with E-state index in [-0.39, 0.29) is 11.9 Å². The second kappa shape index (κ2) is 9.00. The van der Waals surface area contributed by atoms with Gasteiger partial charge >= 0.3 is 0 Å². The molecule has 1 aliphatic heterocycles. The first-order valence-corrected chi connectivity index (χ1v) is 12.3. The summed E-state index contributed by atoms with van der Waals surface area (Å²) in [6, 6.07) is 14.7. The Morgan fingerprint density at radius 3 is 2.81 bits per heavy atom. The van der Waals surface area contributed by atoms with Gasteiger partial charge < -0.3 is 11.5 Å². The van der Waals surface area contributed by atoms with Crippen molar-refractivity contribution in [3.63, 3.8) is 0 Å². The highest BCUT2D eigenvalue weighted by Gasteiger charge is 2.25. The average molecular weight is 485 g/mol. The van der Waals surface area contributed by atoms with Crippen molar-refractivity contribution in [2.45, 2.75) is 32.5 Å². The number of hydrogen-bond donors (Lipinski definition) is 2. The molecule has 4 heterocycles. The number of rotatable bonds is 5. The Balaban J connectivity index is 1.45. The molecule has 1 saturated heterocycles. The smallest absolute Gasteiger partial charge is 0.137 e. The molecule has 0 bridgehead atoms. The van der Waals surface area contributed by atoms with Crippen LogP contribution in [0.15, 0.2) is 61.1 Å². The number of nitrogens with two attached hydrogens (primary N) is 2. The van der Waals surface area contributed by atoms with E-state index in [0.717, 1.165) is 65.0 Å². The Kier molecular flexibility index (Phi) is 5.66. The van der Waals surface area contributed by atoms with Gasteiger partial charge in [-0.2, -0.15) is 10.2 Å². The molecule has 0 unspecified atom stereocenters. The van der Waals surface area contributed by atoms with Gasteiger partial charge in [-0.1, -0.05) is 19.1 Å². The Morgan fingerprint density at radius 1 is 1.08 bits per heavy atom. The zero-order valence-electron chi connectivity index (χ0n) is 20.2. The molecule has 0 aliphatic carbocycles. The lowest BCUT2D eigenvalue weighted by Gasteiger charge is -2.35. The Hall–Kier alpha value is -3.82. The van der Waals surface area contributed by atoms with E-state index in [9.17, 15) is 4.39 Å².